The first-order valence-electron chi connectivity index (χ1n) is 24.3. The van der Waals surface area contributed by atoms with E-state index in [0.29, 0.717) is 25.8 Å². The summed E-state index contributed by atoms with van der Waals surface area (Å²) < 4.78 is 8.22. The van der Waals surface area contributed by atoms with E-state index in [1.54, 1.807) is 23.5 Å². The SMILES string of the molecule is CCN1/C(=C/C=C/C=C/C2=[N+](CCCCCC(=O)NCCCCC(NC(=O)OC3c4ccccc4-c4ccccc43)C(=O)O)c3ccc(-c4cccs4)cc3C2(C)C)C(C)(C)c2cc([N+](=O)[O-])ccc21. The number of carboxylic acids is 1. The number of carbonyl (C=O) groups excluding carboxylic acids is 2. The summed E-state index contributed by atoms with van der Waals surface area (Å²) >= 11 is 1.73. The molecule has 3 N–H and O–H groups in total. The minimum absolute atomic E-state index is 0.0347. The Morgan fingerprint density at radius 1 is 0.857 bits per heavy atom. The minimum atomic E-state index is -1.14. The summed E-state index contributed by atoms with van der Waals surface area (Å²) in [6.45, 7) is 12.8. The number of likely N-dealkylation sites (N-methyl/N-ethyl adjacent to an activating group) is 1. The fourth-order valence-electron chi connectivity index (χ4n) is 10.3. The van der Waals surface area contributed by atoms with Crippen molar-refractivity contribution in [3.63, 3.8) is 0 Å². The molecule has 3 heterocycles. The molecule has 0 spiro atoms. The second-order valence-corrected chi connectivity index (χ2v) is 20.1. The van der Waals surface area contributed by atoms with Crippen molar-refractivity contribution < 1.29 is 33.7 Å². The van der Waals surface area contributed by atoms with Crippen molar-refractivity contribution in [2.75, 3.05) is 24.5 Å². The summed E-state index contributed by atoms with van der Waals surface area (Å²) in [7, 11) is 0. The van der Waals surface area contributed by atoms with E-state index in [-0.39, 0.29) is 28.4 Å². The van der Waals surface area contributed by atoms with E-state index >= 15 is 0 Å². The van der Waals surface area contributed by atoms with Gasteiger partial charge in [-0.3, -0.25) is 14.9 Å². The molecule has 0 fully saturated rings. The number of nitrogens with one attached hydrogen (secondary N) is 2. The van der Waals surface area contributed by atoms with Gasteiger partial charge in [0.05, 0.1) is 10.3 Å². The van der Waals surface area contributed by atoms with Gasteiger partial charge in [-0.1, -0.05) is 86.7 Å². The third kappa shape index (κ3) is 10.3. The van der Waals surface area contributed by atoms with Crippen LogP contribution in [-0.2, 0) is 25.2 Å². The molecule has 4 aromatic carbocycles. The number of non-ortho nitro benzene ring substituents is 1. The van der Waals surface area contributed by atoms with Gasteiger partial charge >= 0.3 is 12.1 Å². The third-order valence-electron chi connectivity index (χ3n) is 13.9. The average Bonchev–Trinajstić information content (AvgIpc) is 4.09. The number of rotatable bonds is 20. The summed E-state index contributed by atoms with van der Waals surface area (Å²) in [6.07, 6.45) is 13.3. The highest BCUT2D eigenvalue weighted by Crippen LogP contribution is 2.49. The monoisotopic (exact) mass is 960 g/mol. The first-order chi connectivity index (χ1) is 33.7. The van der Waals surface area contributed by atoms with Gasteiger partial charge in [-0.05, 0) is 111 Å². The Labute approximate surface area is 414 Å². The van der Waals surface area contributed by atoms with Gasteiger partial charge in [-0.25, -0.2) is 9.59 Å². The van der Waals surface area contributed by atoms with E-state index in [1.165, 1.54) is 27.4 Å². The van der Waals surface area contributed by atoms with Crippen molar-refractivity contribution in [1.29, 1.82) is 0 Å². The van der Waals surface area contributed by atoms with Gasteiger partial charge in [-0.2, -0.15) is 4.58 Å². The van der Waals surface area contributed by atoms with E-state index < -0.39 is 29.6 Å². The van der Waals surface area contributed by atoms with Crippen LogP contribution in [0.15, 0.2) is 139 Å². The second-order valence-electron chi connectivity index (χ2n) is 19.1. The number of ether oxygens (including phenoxy) is 1. The first-order valence-corrected chi connectivity index (χ1v) is 25.2. The Morgan fingerprint density at radius 2 is 1.60 bits per heavy atom. The number of unbranched alkanes of at least 4 members (excludes halogenated alkanes) is 3. The maximum absolute atomic E-state index is 13.0. The highest BCUT2D eigenvalue weighted by Gasteiger charge is 2.44. The van der Waals surface area contributed by atoms with Crippen LogP contribution in [0.3, 0.4) is 0 Å². The number of nitro benzene ring substituents is 1. The lowest BCUT2D eigenvalue weighted by Gasteiger charge is -2.25. The number of benzene rings is 4. The molecular formula is C57H62N5O7S+. The zero-order chi connectivity index (χ0) is 49.6. The number of hydrogen-bond acceptors (Lipinski definition) is 8. The number of nitro groups is 1. The van der Waals surface area contributed by atoms with Crippen molar-refractivity contribution in [3.8, 4) is 21.6 Å². The van der Waals surface area contributed by atoms with Crippen molar-refractivity contribution in [2.24, 2.45) is 0 Å². The van der Waals surface area contributed by atoms with E-state index in [0.717, 1.165) is 71.6 Å². The molecular weight excluding hydrogens is 899 g/mol. The van der Waals surface area contributed by atoms with Crippen LogP contribution in [0.4, 0.5) is 21.9 Å². The van der Waals surface area contributed by atoms with Crippen molar-refractivity contribution in [2.45, 2.75) is 103 Å². The average molecular weight is 961 g/mol. The molecule has 2 amide bonds. The highest BCUT2D eigenvalue weighted by atomic mass is 32.1. The summed E-state index contributed by atoms with van der Waals surface area (Å²) in [5, 5.41) is 29.1. The fourth-order valence-corrected chi connectivity index (χ4v) is 11.0. The van der Waals surface area contributed by atoms with Crippen LogP contribution in [-0.4, -0.2) is 64.0 Å². The number of carbonyl (C=O) groups is 3. The zero-order valence-electron chi connectivity index (χ0n) is 40.6. The molecule has 5 aromatic rings. The molecule has 0 saturated carbocycles. The lowest BCUT2D eigenvalue weighted by molar-refractivity contribution is -0.438. The van der Waals surface area contributed by atoms with Gasteiger partial charge in [0.15, 0.2) is 11.8 Å². The van der Waals surface area contributed by atoms with E-state index in [4.69, 9.17) is 4.74 Å². The van der Waals surface area contributed by atoms with Crippen LogP contribution in [0.2, 0.25) is 0 Å². The number of alkyl carbamates (subject to hydrolysis) is 1. The van der Waals surface area contributed by atoms with Crippen LogP contribution < -0.4 is 15.5 Å². The Morgan fingerprint density at radius 3 is 2.29 bits per heavy atom. The number of nitrogens with zero attached hydrogens (tertiary/aromatic N) is 3. The zero-order valence-corrected chi connectivity index (χ0v) is 41.4. The van der Waals surface area contributed by atoms with Gasteiger partial charge in [0.1, 0.15) is 12.6 Å². The van der Waals surface area contributed by atoms with Crippen LogP contribution in [0, 0.1) is 10.1 Å². The fraction of sp³-hybridized carbons (Fsp3) is 0.333. The molecule has 1 aromatic heterocycles. The Kier molecular flexibility index (Phi) is 15.0. The quantitative estimate of drug-likeness (QED) is 0.0229. The largest absolute Gasteiger partial charge is 0.480 e. The molecule has 362 valence electrons. The lowest BCUT2D eigenvalue weighted by Crippen LogP contribution is -2.41. The molecule has 1 aliphatic carbocycles. The lowest BCUT2D eigenvalue weighted by atomic mass is 9.80. The maximum atomic E-state index is 13.0. The van der Waals surface area contributed by atoms with Crippen LogP contribution in [0.5, 0.6) is 0 Å². The number of allylic oxidation sites excluding steroid dienone is 6. The summed E-state index contributed by atoms with van der Waals surface area (Å²) in [5.41, 5.74) is 11.0. The molecule has 3 aliphatic rings. The Bertz CT molecular complexity index is 2870. The summed E-state index contributed by atoms with van der Waals surface area (Å²) in [6, 6.07) is 30.5. The number of aliphatic carboxylic acids is 1. The van der Waals surface area contributed by atoms with Crippen molar-refractivity contribution in [3.05, 3.63) is 171 Å². The standard InChI is InChI=1S/C57H61N5O7S/c1-6-60-47-32-30-39(62(67)68)37-45(47)57(4,5)50(60)26-9-7-10-27-51-56(2,3)44-36-38(49-25-19-35-70-49)29-31-48(44)61(51)34-18-8-11-28-52(63)58-33-17-16-24-46(54(64)65)59-55(66)69-53-42-22-14-12-20-40(42)41-21-13-15-23-43(41)53/h7,9-10,12-15,19-23,25-27,29-32,35-37,46,53H,6,8,11,16-18,24,28,33-34H2,1-5H3,(H2-,58,59,63,64,65,66)/p+1. The molecule has 0 radical (unpaired) electrons. The van der Waals surface area contributed by atoms with Crippen molar-refractivity contribution in [1.82, 2.24) is 10.6 Å². The van der Waals surface area contributed by atoms with Gasteiger partial charge < -0.3 is 25.4 Å². The van der Waals surface area contributed by atoms with Crippen LogP contribution in [0.25, 0.3) is 21.6 Å². The predicted octanol–water partition coefficient (Wildman–Crippen LogP) is 12.3. The topological polar surface area (TPSA) is 154 Å². The Balaban J connectivity index is 0.832. The van der Waals surface area contributed by atoms with E-state index in [2.05, 4.69) is 121 Å². The molecule has 1 unspecified atom stereocenters. The molecule has 12 nitrogen and oxygen atoms in total. The Hall–Kier alpha value is -7.12. The normalized spacial score (nSPS) is 16.4. The smallest absolute Gasteiger partial charge is 0.408 e. The third-order valence-corrected chi connectivity index (χ3v) is 14.9. The number of amides is 2. The highest BCUT2D eigenvalue weighted by molar-refractivity contribution is 7.13. The number of anilines is 1. The van der Waals surface area contributed by atoms with Crippen molar-refractivity contribution >= 4 is 52.1 Å². The molecule has 70 heavy (non-hydrogen) atoms. The van der Waals surface area contributed by atoms with Gasteiger partial charge in [0.2, 0.25) is 11.6 Å². The summed E-state index contributed by atoms with van der Waals surface area (Å²) in [4.78, 5) is 52.7. The summed E-state index contributed by atoms with van der Waals surface area (Å²) in [5.74, 6) is -1.17. The predicted molar refractivity (Wildman–Crippen MR) is 278 cm³/mol. The first kappa shape index (κ1) is 49.3. The van der Waals surface area contributed by atoms with Crippen LogP contribution >= 0.6 is 11.3 Å². The maximum Gasteiger partial charge on any atom is 0.408 e. The number of carboxylic acid groups (broad SMARTS) is 1. The number of hydrogen-bond donors (Lipinski definition) is 3. The molecule has 0 bridgehead atoms. The second kappa shape index (κ2) is 21.3. The molecule has 1 atom stereocenters. The van der Waals surface area contributed by atoms with E-state index in [9.17, 15) is 29.6 Å². The molecule has 0 saturated heterocycles. The minimum Gasteiger partial charge on any atom is -0.480 e. The van der Waals surface area contributed by atoms with Gasteiger partial charge in [0, 0.05) is 88.6 Å². The number of thiophene rings is 1. The van der Waals surface area contributed by atoms with Gasteiger partial charge in [-0.15, -0.1) is 11.3 Å². The van der Waals surface area contributed by atoms with Gasteiger partial charge in [0.25, 0.3) is 5.69 Å². The number of fused-ring (bicyclic) bond motifs is 5. The molecule has 2 aliphatic heterocycles. The molecule has 13 heteroatoms. The van der Waals surface area contributed by atoms with E-state index in [1.807, 2.05) is 54.6 Å². The molecule has 8 rings (SSSR count). The van der Waals surface area contributed by atoms with Crippen LogP contribution in [0.1, 0.15) is 108 Å².